The summed E-state index contributed by atoms with van der Waals surface area (Å²) in [6.07, 6.45) is 0.934. The monoisotopic (exact) mass is 185 g/mol. The molecule has 0 aromatic carbocycles. The van der Waals surface area contributed by atoms with E-state index in [1.807, 2.05) is 11.8 Å². The summed E-state index contributed by atoms with van der Waals surface area (Å²) in [6, 6.07) is 0. The van der Waals surface area contributed by atoms with Gasteiger partial charge < -0.3 is 9.38 Å². The van der Waals surface area contributed by atoms with E-state index < -0.39 is 0 Å². The van der Waals surface area contributed by atoms with Gasteiger partial charge in [-0.25, -0.2) is 0 Å². The Labute approximate surface area is 80.9 Å². The maximum Gasteiger partial charge on any atom is 0.249 e. The lowest BCUT2D eigenvalue weighted by atomic mass is 10.1. The van der Waals surface area contributed by atoms with Crippen LogP contribution in [0.4, 0.5) is 0 Å². The van der Waals surface area contributed by atoms with Crippen molar-refractivity contribution in [1.29, 1.82) is 0 Å². The van der Waals surface area contributed by atoms with Gasteiger partial charge in [0, 0.05) is 0 Å². The van der Waals surface area contributed by atoms with E-state index in [2.05, 4.69) is 28.1 Å². The van der Waals surface area contributed by atoms with E-state index in [9.17, 15) is 4.79 Å². The SMILES string of the molecule is CCC1(C)C(=O)N1CC[N+](C)(C)C. The number of quaternary nitrogens is 1. The highest BCUT2D eigenvalue weighted by Crippen LogP contribution is 2.36. The Morgan fingerprint density at radius 2 is 1.92 bits per heavy atom. The van der Waals surface area contributed by atoms with Crippen LogP contribution < -0.4 is 0 Å². The molecule has 1 fully saturated rings. The standard InChI is InChI=1S/C10H21N2O/c1-6-10(2)9(13)11(10)7-8-12(3,4)5/h6-8H2,1-5H3/q+1. The Kier molecular flexibility index (Phi) is 2.41. The predicted octanol–water partition coefficient (Wildman–Crippen LogP) is 0.703. The molecule has 0 aromatic heterocycles. The highest BCUT2D eigenvalue weighted by molar-refractivity contribution is 6.01. The van der Waals surface area contributed by atoms with Crippen molar-refractivity contribution in [2.24, 2.45) is 0 Å². The molecule has 0 aromatic rings. The summed E-state index contributed by atoms with van der Waals surface area (Å²) in [5.41, 5.74) is -0.130. The van der Waals surface area contributed by atoms with E-state index in [0.29, 0.717) is 5.91 Å². The summed E-state index contributed by atoms with van der Waals surface area (Å²) in [6.45, 7) is 6.03. The van der Waals surface area contributed by atoms with Crippen LogP contribution in [0.1, 0.15) is 20.3 Å². The number of rotatable bonds is 4. The van der Waals surface area contributed by atoms with Crippen LogP contribution in [0.15, 0.2) is 0 Å². The second kappa shape index (κ2) is 2.98. The smallest absolute Gasteiger partial charge is 0.249 e. The molecule has 1 atom stereocenters. The second-order valence-corrected chi connectivity index (χ2v) is 5.10. The van der Waals surface area contributed by atoms with E-state index in [1.165, 1.54) is 0 Å². The van der Waals surface area contributed by atoms with Gasteiger partial charge >= 0.3 is 0 Å². The van der Waals surface area contributed by atoms with Crippen molar-refractivity contribution in [2.75, 3.05) is 34.2 Å². The van der Waals surface area contributed by atoms with E-state index >= 15 is 0 Å². The van der Waals surface area contributed by atoms with Crippen molar-refractivity contribution in [1.82, 2.24) is 4.90 Å². The summed E-state index contributed by atoms with van der Waals surface area (Å²) in [4.78, 5) is 13.4. The zero-order valence-electron chi connectivity index (χ0n) is 9.42. The van der Waals surface area contributed by atoms with Crippen LogP contribution in [0, 0.1) is 0 Å². The highest BCUT2D eigenvalue weighted by Gasteiger charge is 2.56. The Morgan fingerprint density at radius 3 is 2.23 bits per heavy atom. The third-order valence-corrected chi connectivity index (χ3v) is 2.93. The summed E-state index contributed by atoms with van der Waals surface area (Å²) in [7, 11) is 6.45. The zero-order valence-corrected chi connectivity index (χ0v) is 9.42. The Bertz CT molecular complexity index is 219. The normalized spacial score (nSPS) is 28.1. The van der Waals surface area contributed by atoms with Gasteiger partial charge in [-0.05, 0) is 13.3 Å². The molecule has 1 saturated heterocycles. The number of hydrogen-bond donors (Lipinski definition) is 0. The molecule has 1 aliphatic heterocycles. The first-order valence-corrected chi connectivity index (χ1v) is 4.94. The molecule has 1 unspecified atom stereocenters. The molecule has 13 heavy (non-hydrogen) atoms. The number of carbonyl (C=O) groups is 1. The van der Waals surface area contributed by atoms with Crippen LogP contribution in [-0.2, 0) is 4.79 Å². The van der Waals surface area contributed by atoms with Gasteiger partial charge in [0.25, 0.3) is 0 Å². The maximum absolute atomic E-state index is 11.4. The number of amides is 1. The lowest BCUT2D eigenvalue weighted by Crippen LogP contribution is -2.39. The molecule has 0 bridgehead atoms. The van der Waals surface area contributed by atoms with Crippen molar-refractivity contribution in [3.8, 4) is 0 Å². The van der Waals surface area contributed by atoms with Crippen LogP contribution in [-0.4, -0.2) is 55.1 Å². The van der Waals surface area contributed by atoms with Gasteiger partial charge in [-0.3, -0.25) is 4.79 Å². The lowest BCUT2D eigenvalue weighted by Gasteiger charge is -2.24. The quantitative estimate of drug-likeness (QED) is 0.466. The average Bonchev–Trinajstić information content (AvgIpc) is 2.51. The van der Waals surface area contributed by atoms with Crippen molar-refractivity contribution in [3.63, 3.8) is 0 Å². The molecule has 1 amide bonds. The van der Waals surface area contributed by atoms with Gasteiger partial charge in [0.05, 0.1) is 34.2 Å². The molecule has 1 heterocycles. The summed E-state index contributed by atoms with van der Waals surface area (Å²) in [5.74, 6) is 0.323. The molecule has 1 aliphatic rings. The number of nitrogens with zero attached hydrogens (tertiary/aromatic N) is 2. The average molecular weight is 185 g/mol. The van der Waals surface area contributed by atoms with Gasteiger partial charge in [-0.1, -0.05) is 6.92 Å². The molecular formula is C10H21N2O+. The zero-order chi connectivity index (χ0) is 10.3. The summed E-state index contributed by atoms with van der Waals surface area (Å²) >= 11 is 0. The highest BCUT2D eigenvalue weighted by atomic mass is 16.2. The molecular weight excluding hydrogens is 164 g/mol. The summed E-state index contributed by atoms with van der Waals surface area (Å²) in [5, 5.41) is 0. The Balaban J connectivity index is 2.39. The van der Waals surface area contributed by atoms with Crippen LogP contribution in [0.25, 0.3) is 0 Å². The fourth-order valence-corrected chi connectivity index (χ4v) is 1.49. The van der Waals surface area contributed by atoms with Crippen LogP contribution in [0.2, 0.25) is 0 Å². The molecule has 76 valence electrons. The van der Waals surface area contributed by atoms with Crippen LogP contribution >= 0.6 is 0 Å². The van der Waals surface area contributed by atoms with Crippen LogP contribution in [0.3, 0.4) is 0 Å². The van der Waals surface area contributed by atoms with E-state index in [1.54, 1.807) is 0 Å². The van der Waals surface area contributed by atoms with Gasteiger partial charge in [0.15, 0.2) is 0 Å². The van der Waals surface area contributed by atoms with E-state index in [-0.39, 0.29) is 5.54 Å². The first kappa shape index (κ1) is 10.5. The minimum Gasteiger partial charge on any atom is -0.329 e. The molecule has 0 saturated carbocycles. The largest absolute Gasteiger partial charge is 0.329 e. The third kappa shape index (κ3) is 2.02. The molecule has 0 spiro atoms. The van der Waals surface area contributed by atoms with Crippen molar-refractivity contribution in [2.45, 2.75) is 25.8 Å². The Hall–Kier alpha value is -0.570. The second-order valence-electron chi connectivity index (χ2n) is 5.10. The molecule has 3 nitrogen and oxygen atoms in total. The molecule has 1 rings (SSSR count). The Morgan fingerprint density at radius 1 is 1.38 bits per heavy atom. The third-order valence-electron chi connectivity index (χ3n) is 2.93. The summed E-state index contributed by atoms with van der Waals surface area (Å²) < 4.78 is 0.920. The molecule has 0 aliphatic carbocycles. The predicted molar refractivity (Wildman–Crippen MR) is 53.3 cm³/mol. The fourth-order valence-electron chi connectivity index (χ4n) is 1.49. The van der Waals surface area contributed by atoms with E-state index in [4.69, 9.17) is 0 Å². The minimum absolute atomic E-state index is 0.130. The number of hydrogen-bond acceptors (Lipinski definition) is 1. The first-order chi connectivity index (χ1) is 5.81. The van der Waals surface area contributed by atoms with E-state index in [0.717, 1.165) is 24.0 Å². The number of carbonyl (C=O) groups excluding carboxylic acids is 1. The molecule has 0 N–H and O–H groups in total. The van der Waals surface area contributed by atoms with Crippen molar-refractivity contribution >= 4 is 5.91 Å². The van der Waals surface area contributed by atoms with Gasteiger partial charge in [0.1, 0.15) is 5.54 Å². The maximum atomic E-state index is 11.4. The topological polar surface area (TPSA) is 20.1 Å². The van der Waals surface area contributed by atoms with Crippen LogP contribution in [0.5, 0.6) is 0 Å². The lowest BCUT2D eigenvalue weighted by molar-refractivity contribution is -0.869. The van der Waals surface area contributed by atoms with Gasteiger partial charge in [0.2, 0.25) is 5.91 Å². The number of likely N-dealkylation sites (N-methyl/N-ethyl adjacent to an activating group) is 1. The first-order valence-electron chi connectivity index (χ1n) is 4.94. The minimum atomic E-state index is -0.130. The fraction of sp³-hybridized carbons (Fsp3) is 0.900. The van der Waals surface area contributed by atoms with Gasteiger partial charge in [-0.15, -0.1) is 0 Å². The molecule has 3 heteroatoms. The van der Waals surface area contributed by atoms with Crippen molar-refractivity contribution in [3.05, 3.63) is 0 Å². The van der Waals surface area contributed by atoms with Gasteiger partial charge in [-0.2, -0.15) is 0 Å². The molecule has 0 radical (unpaired) electrons. The van der Waals surface area contributed by atoms with Crippen molar-refractivity contribution < 1.29 is 9.28 Å².